The fraction of sp³-hybridized carbons (Fsp3) is 0.400. The number of methoxy groups -OCH3 is 1. The average molecular weight is 460 g/mol. The van der Waals surface area contributed by atoms with Crippen LogP contribution in [-0.2, 0) is 30.3 Å². The molecule has 0 fully saturated rings. The van der Waals surface area contributed by atoms with Crippen LogP contribution >= 0.6 is 11.6 Å². The van der Waals surface area contributed by atoms with E-state index in [1.165, 1.54) is 7.11 Å². The maximum Gasteiger partial charge on any atom is 0.307 e. The Morgan fingerprint density at radius 1 is 0.969 bits per heavy atom. The van der Waals surface area contributed by atoms with Gasteiger partial charge in [0.25, 0.3) is 0 Å². The van der Waals surface area contributed by atoms with E-state index in [0.29, 0.717) is 30.9 Å². The second-order valence-electron chi connectivity index (χ2n) is 7.47. The van der Waals surface area contributed by atoms with Gasteiger partial charge in [-0.15, -0.1) is 0 Å². The molecule has 0 saturated carbocycles. The van der Waals surface area contributed by atoms with Crippen molar-refractivity contribution < 1.29 is 23.9 Å². The Morgan fingerprint density at radius 3 is 2.34 bits per heavy atom. The number of rotatable bonds is 12. The Hall–Kier alpha value is -2.86. The van der Waals surface area contributed by atoms with Gasteiger partial charge in [-0.25, -0.2) is 0 Å². The van der Waals surface area contributed by atoms with Crippen LogP contribution in [0.3, 0.4) is 0 Å². The van der Waals surface area contributed by atoms with E-state index in [4.69, 9.17) is 16.3 Å². The molecule has 1 unspecified atom stereocenters. The summed E-state index contributed by atoms with van der Waals surface area (Å²) < 4.78 is 9.66. The molecule has 1 atom stereocenters. The summed E-state index contributed by atoms with van der Waals surface area (Å²) in [5.41, 5.74) is 3.05. The molecule has 1 N–H and O–H groups in total. The Balaban J connectivity index is 1.97. The van der Waals surface area contributed by atoms with Crippen LogP contribution in [0.4, 0.5) is 0 Å². The molecule has 6 nitrogen and oxygen atoms in total. The number of halogens is 1. The number of benzene rings is 2. The first-order valence-corrected chi connectivity index (χ1v) is 11.2. The smallest absolute Gasteiger partial charge is 0.307 e. The minimum absolute atomic E-state index is 0.0950. The molecule has 0 saturated heterocycles. The number of unbranched alkanes of at least 4 members (excludes halogenated alkanes) is 1. The fourth-order valence-electron chi connectivity index (χ4n) is 3.34. The number of nitrogens with one attached hydrogen (secondary N) is 1. The number of amides is 1. The maximum atomic E-state index is 12.4. The highest BCUT2D eigenvalue weighted by molar-refractivity contribution is 6.30. The van der Waals surface area contributed by atoms with E-state index >= 15 is 0 Å². The van der Waals surface area contributed by atoms with Gasteiger partial charge in [0.2, 0.25) is 5.91 Å². The van der Waals surface area contributed by atoms with Gasteiger partial charge >= 0.3 is 11.9 Å². The lowest BCUT2D eigenvalue weighted by molar-refractivity contribution is -0.144. The minimum Gasteiger partial charge on any atom is -0.469 e. The van der Waals surface area contributed by atoms with Gasteiger partial charge in [0.15, 0.2) is 0 Å². The van der Waals surface area contributed by atoms with Gasteiger partial charge in [0, 0.05) is 23.9 Å². The topological polar surface area (TPSA) is 81.7 Å². The summed E-state index contributed by atoms with van der Waals surface area (Å²) in [7, 11) is 1.34. The van der Waals surface area contributed by atoms with Crippen LogP contribution in [-0.4, -0.2) is 37.6 Å². The molecule has 0 aromatic heterocycles. The van der Waals surface area contributed by atoms with Crippen LogP contribution in [0.1, 0.15) is 44.6 Å². The minimum atomic E-state index is -0.376. The molecular formula is C25H30ClNO5. The zero-order valence-electron chi connectivity index (χ0n) is 18.6. The summed E-state index contributed by atoms with van der Waals surface area (Å²) in [6.07, 6.45) is 2.31. The van der Waals surface area contributed by atoms with E-state index in [9.17, 15) is 14.4 Å². The van der Waals surface area contributed by atoms with Crippen molar-refractivity contribution in [1.29, 1.82) is 0 Å². The highest BCUT2D eigenvalue weighted by Gasteiger charge is 2.18. The third-order valence-electron chi connectivity index (χ3n) is 4.94. The lowest BCUT2D eigenvalue weighted by Crippen LogP contribution is -2.38. The Labute approximate surface area is 194 Å². The van der Waals surface area contributed by atoms with Crippen LogP contribution in [0.5, 0.6) is 0 Å². The molecule has 0 aliphatic carbocycles. The molecule has 0 bridgehead atoms. The highest BCUT2D eigenvalue weighted by Crippen LogP contribution is 2.23. The van der Waals surface area contributed by atoms with Gasteiger partial charge in [-0.05, 0) is 55.0 Å². The predicted octanol–water partition coefficient (Wildman–Crippen LogP) is 4.72. The van der Waals surface area contributed by atoms with Crippen molar-refractivity contribution in [2.45, 2.75) is 51.5 Å². The van der Waals surface area contributed by atoms with Crippen molar-refractivity contribution in [1.82, 2.24) is 5.32 Å². The Kier molecular flexibility index (Phi) is 10.7. The molecular weight excluding hydrogens is 430 g/mol. The monoisotopic (exact) mass is 459 g/mol. The largest absolute Gasteiger partial charge is 0.469 e. The first kappa shape index (κ1) is 25.4. The van der Waals surface area contributed by atoms with Crippen molar-refractivity contribution in [2.75, 3.05) is 13.7 Å². The van der Waals surface area contributed by atoms with Crippen LogP contribution in [0.25, 0.3) is 11.1 Å². The van der Waals surface area contributed by atoms with Crippen molar-refractivity contribution in [3.63, 3.8) is 0 Å². The van der Waals surface area contributed by atoms with Crippen molar-refractivity contribution >= 4 is 29.4 Å². The molecule has 0 aliphatic rings. The quantitative estimate of drug-likeness (QED) is 0.367. The molecule has 0 aliphatic heterocycles. The molecule has 1 amide bonds. The summed E-state index contributed by atoms with van der Waals surface area (Å²) >= 11 is 6.08. The number of carbonyl (C=O) groups is 3. The summed E-state index contributed by atoms with van der Waals surface area (Å²) in [6.45, 7) is 2.04. The number of ether oxygens (including phenoxy) is 2. The summed E-state index contributed by atoms with van der Waals surface area (Å²) in [4.78, 5) is 35.6. The van der Waals surface area contributed by atoms with Crippen molar-refractivity contribution in [2.24, 2.45) is 0 Å². The van der Waals surface area contributed by atoms with E-state index in [-0.39, 0.29) is 43.2 Å². The Morgan fingerprint density at radius 2 is 1.69 bits per heavy atom. The summed E-state index contributed by atoms with van der Waals surface area (Å²) in [5.74, 6) is -0.787. The third-order valence-corrected chi connectivity index (χ3v) is 5.17. The maximum absolute atomic E-state index is 12.4. The number of esters is 2. The van der Waals surface area contributed by atoms with Crippen molar-refractivity contribution in [3.05, 3.63) is 59.1 Å². The summed E-state index contributed by atoms with van der Waals surface area (Å²) in [6, 6.07) is 15.2. The first-order valence-electron chi connectivity index (χ1n) is 10.8. The van der Waals surface area contributed by atoms with Gasteiger partial charge in [-0.1, -0.05) is 48.0 Å². The van der Waals surface area contributed by atoms with E-state index in [0.717, 1.165) is 16.7 Å². The highest BCUT2D eigenvalue weighted by atomic mass is 35.5. The molecule has 2 aromatic carbocycles. The molecule has 2 aromatic rings. The second-order valence-corrected chi connectivity index (χ2v) is 7.90. The molecule has 7 heteroatoms. The molecule has 0 radical (unpaired) electrons. The average Bonchev–Trinajstić information content (AvgIpc) is 2.77. The lowest BCUT2D eigenvalue weighted by Gasteiger charge is -2.18. The van der Waals surface area contributed by atoms with Crippen LogP contribution in [0.2, 0.25) is 5.02 Å². The molecule has 172 valence electrons. The van der Waals surface area contributed by atoms with Gasteiger partial charge in [-0.2, -0.15) is 0 Å². The van der Waals surface area contributed by atoms with Crippen LogP contribution in [0.15, 0.2) is 48.5 Å². The zero-order valence-corrected chi connectivity index (χ0v) is 19.3. The van der Waals surface area contributed by atoms with E-state index in [1.54, 1.807) is 6.92 Å². The number of hydrogen-bond donors (Lipinski definition) is 1. The van der Waals surface area contributed by atoms with E-state index < -0.39 is 0 Å². The summed E-state index contributed by atoms with van der Waals surface area (Å²) in [5, 5.41) is 3.61. The van der Waals surface area contributed by atoms with Gasteiger partial charge in [0.05, 0.1) is 20.1 Å². The Bertz CT molecular complexity index is 897. The van der Waals surface area contributed by atoms with Gasteiger partial charge < -0.3 is 14.8 Å². The SMILES string of the molecule is CCOC(=O)CC(Cc1ccc(-c2cccc(Cl)c2)cc1)NC(=O)CCCCC(=O)OC. The van der Waals surface area contributed by atoms with Gasteiger partial charge in [-0.3, -0.25) is 14.4 Å². The first-order chi connectivity index (χ1) is 15.4. The third kappa shape index (κ3) is 9.10. The fourth-order valence-corrected chi connectivity index (χ4v) is 3.53. The molecule has 32 heavy (non-hydrogen) atoms. The lowest BCUT2D eigenvalue weighted by atomic mass is 9.99. The second kappa shape index (κ2) is 13.5. The van der Waals surface area contributed by atoms with E-state index in [1.807, 2.05) is 48.5 Å². The zero-order chi connectivity index (χ0) is 23.3. The predicted molar refractivity (Wildman–Crippen MR) is 124 cm³/mol. The molecule has 0 heterocycles. The van der Waals surface area contributed by atoms with E-state index in [2.05, 4.69) is 10.1 Å². The number of hydrogen-bond acceptors (Lipinski definition) is 5. The van der Waals surface area contributed by atoms with Crippen LogP contribution < -0.4 is 5.32 Å². The molecule has 0 spiro atoms. The standard InChI is InChI=1S/C25H30ClNO5/c1-3-32-25(30)17-22(27-23(28)9-4-5-10-24(29)31-2)15-18-11-13-19(14-12-18)20-7-6-8-21(26)16-20/h6-8,11-14,16,22H,3-5,9-10,15,17H2,1-2H3,(H,27,28). The molecule has 2 rings (SSSR count). The van der Waals surface area contributed by atoms with Crippen molar-refractivity contribution in [3.8, 4) is 11.1 Å². The normalized spacial score (nSPS) is 11.5. The van der Waals surface area contributed by atoms with Crippen LogP contribution in [0, 0.1) is 0 Å². The van der Waals surface area contributed by atoms with Gasteiger partial charge in [0.1, 0.15) is 0 Å². The number of carbonyl (C=O) groups excluding carboxylic acids is 3.